The Hall–Kier alpha value is -1.12. The number of benzene rings is 1. The zero-order valence-electron chi connectivity index (χ0n) is 15.6. The van der Waals surface area contributed by atoms with Gasteiger partial charge in [0, 0.05) is 56.3 Å². The molecule has 0 saturated carbocycles. The van der Waals surface area contributed by atoms with E-state index in [1.54, 1.807) is 0 Å². The van der Waals surface area contributed by atoms with Crippen molar-refractivity contribution in [1.82, 2.24) is 4.57 Å². The van der Waals surface area contributed by atoms with Gasteiger partial charge in [-0.1, -0.05) is 42.8 Å². The van der Waals surface area contributed by atoms with Gasteiger partial charge in [0.15, 0.2) is 0 Å². The molecule has 0 N–H and O–H groups in total. The van der Waals surface area contributed by atoms with Crippen LogP contribution >= 0.6 is 0 Å². The molecule has 5 nitrogen and oxygen atoms in total. The Morgan fingerprint density at radius 3 is 2.85 bits per heavy atom. The van der Waals surface area contributed by atoms with Crippen LogP contribution in [0.15, 0.2) is 35.1 Å². The maximum Gasteiger partial charge on any atom is 0.316 e. The third-order valence-electron chi connectivity index (χ3n) is 6.45. The number of para-hydroxylation sites is 1. The third-order valence-corrected chi connectivity index (χ3v) is 6.45. The number of fused-ring (bicyclic) bond motifs is 5. The van der Waals surface area contributed by atoms with Crippen molar-refractivity contribution in [2.24, 2.45) is 5.92 Å². The van der Waals surface area contributed by atoms with Crippen LogP contribution in [0.2, 0.25) is 0 Å². The molecule has 5 rings (SSSR count). The zero-order chi connectivity index (χ0) is 18.1. The average Bonchev–Trinajstić information content (AvgIpc) is 3.01. The molecule has 6 heteroatoms. The molecule has 0 fully saturated rings. The number of nitrogens with zero attached hydrogens (tertiary/aromatic N) is 2. The first-order valence-corrected chi connectivity index (χ1v) is 9.26. The Morgan fingerprint density at radius 2 is 2.07 bits per heavy atom. The van der Waals surface area contributed by atoms with Gasteiger partial charge in [-0.15, -0.1) is 5.69 Å². The van der Waals surface area contributed by atoms with Crippen LogP contribution in [0.5, 0.6) is 0 Å². The summed E-state index contributed by atoms with van der Waals surface area (Å²) in [7, 11) is 0. The summed E-state index contributed by atoms with van der Waals surface area (Å²) < 4.78 is 7.21. The number of hydrogen-bond donors (Lipinski definition) is 0. The van der Waals surface area contributed by atoms with Gasteiger partial charge in [-0.2, -0.15) is 0 Å². The number of cyclic esters (lactones) is 1. The second kappa shape index (κ2) is 6.74. The summed E-state index contributed by atoms with van der Waals surface area (Å²) in [6.07, 6.45) is 1.53. The number of ether oxygens (including phenoxy) is 1. The second-order valence-corrected chi connectivity index (χ2v) is 7.81. The summed E-state index contributed by atoms with van der Waals surface area (Å²) in [6.45, 7) is 4.60. The van der Waals surface area contributed by atoms with Crippen LogP contribution in [0.25, 0.3) is 5.32 Å². The number of carbonyl (C=O) groups excluding carboxylic acids is 1. The molecule has 27 heavy (non-hydrogen) atoms. The first-order chi connectivity index (χ1) is 12.5. The van der Waals surface area contributed by atoms with Crippen LogP contribution < -0.4 is 5.56 Å². The fraction of sp³-hybridized carbons (Fsp3) is 0.429. The van der Waals surface area contributed by atoms with E-state index in [-0.39, 0.29) is 68.2 Å². The summed E-state index contributed by atoms with van der Waals surface area (Å²) in [5.41, 5.74) is 3.91. The quantitative estimate of drug-likeness (QED) is 0.489. The monoisotopic (exact) mass is 576 g/mol. The van der Waals surface area contributed by atoms with Gasteiger partial charge in [0.1, 0.15) is 6.61 Å². The molecule has 0 spiro atoms. The minimum Gasteiger partial charge on any atom is -0.676 e. The Bertz CT molecular complexity index is 999. The van der Waals surface area contributed by atoms with Crippen molar-refractivity contribution in [2.75, 3.05) is 0 Å². The van der Waals surface area contributed by atoms with E-state index in [1.807, 2.05) is 36.6 Å². The summed E-state index contributed by atoms with van der Waals surface area (Å²) in [6, 6.07) is 10.2. The number of aromatic nitrogens is 1. The van der Waals surface area contributed by atoms with Crippen molar-refractivity contribution in [2.45, 2.75) is 51.3 Å². The van der Waals surface area contributed by atoms with E-state index in [4.69, 9.17) is 10.1 Å². The van der Waals surface area contributed by atoms with Crippen molar-refractivity contribution in [1.29, 1.82) is 0 Å². The van der Waals surface area contributed by atoms with Crippen molar-refractivity contribution < 1.29 is 53.6 Å². The number of hydrogen-bond acceptors (Lipinski definition) is 3. The van der Waals surface area contributed by atoms with E-state index in [9.17, 15) is 9.59 Å². The summed E-state index contributed by atoms with van der Waals surface area (Å²) in [5.74, 6) is 0.0586. The second-order valence-electron chi connectivity index (χ2n) is 7.81. The number of pyridine rings is 1. The molecule has 1 aromatic heterocycles. The average molecular weight is 576 g/mol. The Kier molecular flexibility index (Phi) is 4.80. The minimum absolute atomic E-state index is 0. The minimum atomic E-state index is -0.757. The van der Waals surface area contributed by atoms with Gasteiger partial charge in [0.2, 0.25) is 0 Å². The first kappa shape index (κ1) is 19.2. The van der Waals surface area contributed by atoms with Crippen LogP contribution in [0.1, 0.15) is 48.7 Å². The van der Waals surface area contributed by atoms with Gasteiger partial charge in [0.05, 0.1) is 11.0 Å². The van der Waals surface area contributed by atoms with Gasteiger partial charge in [-0.3, -0.25) is 9.59 Å². The van der Waals surface area contributed by atoms with Gasteiger partial charge >= 0.3 is 5.97 Å². The van der Waals surface area contributed by atoms with E-state index in [1.165, 1.54) is 5.56 Å². The van der Waals surface area contributed by atoms with E-state index in [2.05, 4.69) is 12.1 Å². The molecule has 0 bridgehead atoms. The molecule has 3 atom stereocenters. The van der Waals surface area contributed by atoms with E-state index >= 15 is 0 Å². The number of esters is 1. The number of rotatable bonds is 1. The molecule has 3 aliphatic rings. The number of carbonyl (C=O) groups is 1. The summed E-state index contributed by atoms with van der Waals surface area (Å²) in [4.78, 5) is 25.6. The van der Waals surface area contributed by atoms with Crippen molar-refractivity contribution in [3.05, 3.63) is 68.4 Å². The molecule has 0 amide bonds. The molecule has 1 radical (unpaired) electrons. The zero-order valence-corrected chi connectivity index (χ0v) is 20.3. The molecule has 0 saturated heterocycles. The van der Waals surface area contributed by atoms with Crippen LogP contribution in [0, 0.1) is 50.0 Å². The molecular weight excluding hydrogens is 555 g/mol. The Morgan fingerprint density at radius 1 is 1.30 bits per heavy atom. The predicted molar refractivity (Wildman–Crippen MR) is 97.5 cm³/mol. The SMILES string of the molecule is CCC1(C)C(=O)OCc2c1cc1n(c2=O)CC2Cc3ccccc3[N-]C12.[Ac]. The summed E-state index contributed by atoms with van der Waals surface area (Å²) >= 11 is 0. The Labute approximate surface area is 194 Å². The van der Waals surface area contributed by atoms with Gasteiger partial charge in [0.25, 0.3) is 5.56 Å². The molecule has 4 heterocycles. The predicted octanol–water partition coefficient (Wildman–Crippen LogP) is 3.51. The van der Waals surface area contributed by atoms with Gasteiger partial charge in [-0.05, 0) is 37.3 Å². The molecular formula is C21H21AcN2O3-. The standard InChI is InChI=1S/C21H21N2O3.Ac/c1-3-21(2)15-9-17-18-13(8-12-6-4-5-7-16(12)22-18)10-23(17)19(24)14(15)11-26-20(21)25;/h4-7,9,13,18H,3,8,10-11H2,1-2H3;/q-1;. The molecule has 137 valence electrons. The van der Waals surface area contributed by atoms with E-state index < -0.39 is 5.41 Å². The third kappa shape index (κ3) is 2.67. The maximum absolute atomic E-state index is 13.2. The largest absolute Gasteiger partial charge is 0.676 e. The van der Waals surface area contributed by atoms with E-state index in [0.29, 0.717) is 24.4 Å². The van der Waals surface area contributed by atoms with Crippen LogP contribution in [-0.4, -0.2) is 10.5 Å². The van der Waals surface area contributed by atoms with Crippen LogP contribution in [-0.2, 0) is 34.5 Å². The van der Waals surface area contributed by atoms with Crippen LogP contribution in [0.3, 0.4) is 0 Å². The fourth-order valence-corrected chi connectivity index (χ4v) is 4.68. The van der Waals surface area contributed by atoms with Crippen molar-refractivity contribution >= 4 is 11.7 Å². The fourth-order valence-electron chi connectivity index (χ4n) is 4.68. The molecule has 3 unspecified atom stereocenters. The molecule has 3 aliphatic heterocycles. The summed E-state index contributed by atoms with van der Waals surface area (Å²) in [5, 5.41) is 4.96. The molecule has 2 aromatic rings. The molecule has 1 aromatic carbocycles. The van der Waals surface area contributed by atoms with Crippen LogP contribution in [0.4, 0.5) is 5.69 Å². The normalized spacial score (nSPS) is 27.3. The molecule has 0 aliphatic carbocycles. The Balaban J connectivity index is 0.00000180. The van der Waals surface area contributed by atoms with E-state index in [0.717, 1.165) is 23.4 Å². The van der Waals surface area contributed by atoms with Gasteiger partial charge in [-0.25, -0.2) is 0 Å². The van der Waals surface area contributed by atoms with Crippen molar-refractivity contribution in [3.63, 3.8) is 0 Å². The smallest absolute Gasteiger partial charge is 0.316 e. The first-order valence-electron chi connectivity index (χ1n) is 9.26. The topological polar surface area (TPSA) is 62.4 Å². The van der Waals surface area contributed by atoms with Crippen molar-refractivity contribution in [3.8, 4) is 0 Å². The van der Waals surface area contributed by atoms with Gasteiger partial charge < -0.3 is 14.6 Å². The maximum atomic E-state index is 13.2.